The summed E-state index contributed by atoms with van der Waals surface area (Å²) in [5.74, 6) is 0.870. The van der Waals surface area contributed by atoms with Gasteiger partial charge in [-0.25, -0.2) is 0 Å². The Morgan fingerprint density at radius 1 is 1.39 bits per heavy atom. The topological polar surface area (TPSA) is 29.3 Å². The summed E-state index contributed by atoms with van der Waals surface area (Å²) in [6.45, 7) is 3.18. The lowest BCUT2D eigenvalue weighted by molar-refractivity contribution is 0.547. The van der Waals surface area contributed by atoms with Gasteiger partial charge in [-0.3, -0.25) is 0 Å². The number of rotatable bonds is 4. The van der Waals surface area contributed by atoms with E-state index in [0.29, 0.717) is 0 Å². The fraction of sp³-hybridized carbons (Fsp3) is 0.600. The quantitative estimate of drug-likeness (QED) is 0.907. The van der Waals surface area contributed by atoms with Crippen molar-refractivity contribution in [1.82, 2.24) is 0 Å². The second kappa shape index (κ2) is 6.07. The summed E-state index contributed by atoms with van der Waals surface area (Å²) in [5.41, 5.74) is 8.36. The van der Waals surface area contributed by atoms with E-state index in [-0.39, 0.29) is 6.04 Å². The SMILES string of the molecule is CC(N)c1ccc(N(C)CC2CCCC2)c(Br)c1. The monoisotopic (exact) mass is 310 g/mol. The third-order valence-electron chi connectivity index (χ3n) is 3.92. The second-order valence-corrected chi connectivity index (χ2v) is 6.38. The minimum Gasteiger partial charge on any atom is -0.373 e. The van der Waals surface area contributed by atoms with Gasteiger partial charge in [-0.05, 0) is 59.3 Å². The highest BCUT2D eigenvalue weighted by Crippen LogP contribution is 2.31. The van der Waals surface area contributed by atoms with Crippen LogP contribution in [0.15, 0.2) is 22.7 Å². The van der Waals surface area contributed by atoms with E-state index in [1.54, 1.807) is 0 Å². The molecule has 0 spiro atoms. The zero-order chi connectivity index (χ0) is 13.1. The molecule has 1 aliphatic carbocycles. The smallest absolute Gasteiger partial charge is 0.0508 e. The molecule has 0 amide bonds. The van der Waals surface area contributed by atoms with Crippen molar-refractivity contribution >= 4 is 21.6 Å². The molecule has 1 atom stereocenters. The maximum atomic E-state index is 5.91. The predicted molar refractivity (Wildman–Crippen MR) is 82.0 cm³/mol. The number of nitrogens with two attached hydrogens (primary N) is 1. The summed E-state index contributed by atoms with van der Waals surface area (Å²) < 4.78 is 1.15. The molecule has 2 N–H and O–H groups in total. The zero-order valence-electron chi connectivity index (χ0n) is 11.3. The predicted octanol–water partition coefficient (Wildman–Crippen LogP) is 4.10. The fourth-order valence-electron chi connectivity index (χ4n) is 2.79. The Kier molecular flexibility index (Phi) is 4.68. The Morgan fingerprint density at radius 3 is 2.61 bits per heavy atom. The number of nitrogens with zero attached hydrogens (tertiary/aromatic N) is 1. The van der Waals surface area contributed by atoms with Crippen molar-refractivity contribution < 1.29 is 0 Å². The summed E-state index contributed by atoms with van der Waals surface area (Å²) in [7, 11) is 2.18. The lowest BCUT2D eigenvalue weighted by Crippen LogP contribution is -2.24. The van der Waals surface area contributed by atoms with Crippen LogP contribution in [0.3, 0.4) is 0 Å². The first kappa shape index (κ1) is 13.9. The maximum absolute atomic E-state index is 5.91. The standard InChI is InChI=1S/C15H23BrN2/c1-11(17)13-7-8-15(14(16)9-13)18(2)10-12-5-3-4-6-12/h7-9,11-12H,3-6,10,17H2,1-2H3. The number of hydrogen-bond donors (Lipinski definition) is 1. The Hall–Kier alpha value is -0.540. The maximum Gasteiger partial charge on any atom is 0.0508 e. The van der Waals surface area contributed by atoms with E-state index in [9.17, 15) is 0 Å². The molecule has 0 bridgehead atoms. The van der Waals surface area contributed by atoms with Gasteiger partial charge in [0.25, 0.3) is 0 Å². The first-order valence-corrected chi connectivity index (χ1v) is 7.63. The van der Waals surface area contributed by atoms with E-state index in [1.807, 2.05) is 6.92 Å². The van der Waals surface area contributed by atoms with E-state index in [2.05, 4.69) is 46.1 Å². The Bertz CT molecular complexity index is 397. The van der Waals surface area contributed by atoms with E-state index < -0.39 is 0 Å². The summed E-state index contributed by atoms with van der Waals surface area (Å²) in [4.78, 5) is 2.37. The van der Waals surface area contributed by atoms with Crippen LogP contribution in [0.4, 0.5) is 5.69 Å². The third kappa shape index (κ3) is 3.27. The van der Waals surface area contributed by atoms with Crippen LogP contribution in [0.1, 0.15) is 44.2 Å². The second-order valence-electron chi connectivity index (χ2n) is 5.53. The van der Waals surface area contributed by atoms with Gasteiger partial charge in [0.15, 0.2) is 0 Å². The van der Waals surface area contributed by atoms with Crippen LogP contribution in [-0.4, -0.2) is 13.6 Å². The average molecular weight is 311 g/mol. The van der Waals surface area contributed by atoms with Crippen LogP contribution in [0.5, 0.6) is 0 Å². The van der Waals surface area contributed by atoms with Crippen molar-refractivity contribution in [1.29, 1.82) is 0 Å². The van der Waals surface area contributed by atoms with Gasteiger partial charge >= 0.3 is 0 Å². The molecule has 2 rings (SSSR count). The summed E-state index contributed by atoms with van der Waals surface area (Å²) in [6, 6.07) is 6.55. The molecule has 3 heteroatoms. The lowest BCUT2D eigenvalue weighted by Gasteiger charge is -2.24. The van der Waals surface area contributed by atoms with Crippen molar-refractivity contribution in [2.75, 3.05) is 18.5 Å². The van der Waals surface area contributed by atoms with Crippen LogP contribution < -0.4 is 10.6 Å². The molecular weight excluding hydrogens is 288 g/mol. The van der Waals surface area contributed by atoms with Crippen molar-refractivity contribution in [3.05, 3.63) is 28.2 Å². The average Bonchev–Trinajstić information content (AvgIpc) is 2.81. The molecule has 0 aromatic heterocycles. The van der Waals surface area contributed by atoms with Crippen molar-refractivity contribution in [2.45, 2.75) is 38.6 Å². The van der Waals surface area contributed by atoms with Crippen molar-refractivity contribution in [3.8, 4) is 0 Å². The van der Waals surface area contributed by atoms with Crippen molar-refractivity contribution in [2.24, 2.45) is 11.7 Å². The number of benzene rings is 1. The number of hydrogen-bond acceptors (Lipinski definition) is 2. The van der Waals surface area contributed by atoms with Gasteiger partial charge in [-0.2, -0.15) is 0 Å². The molecule has 0 heterocycles. The summed E-state index contributed by atoms with van der Waals surface area (Å²) in [5, 5.41) is 0. The Morgan fingerprint density at radius 2 is 2.06 bits per heavy atom. The first-order valence-electron chi connectivity index (χ1n) is 6.84. The zero-order valence-corrected chi connectivity index (χ0v) is 12.9. The molecule has 1 aromatic rings. The Labute approximate surface area is 119 Å². The van der Waals surface area contributed by atoms with Gasteiger partial charge < -0.3 is 10.6 Å². The number of halogens is 1. The fourth-order valence-corrected chi connectivity index (χ4v) is 3.49. The van der Waals surface area contributed by atoms with Gasteiger partial charge in [0, 0.05) is 24.1 Å². The highest BCUT2D eigenvalue weighted by molar-refractivity contribution is 9.10. The van der Waals surface area contributed by atoms with Crippen molar-refractivity contribution in [3.63, 3.8) is 0 Å². The highest BCUT2D eigenvalue weighted by Gasteiger charge is 2.18. The first-order chi connectivity index (χ1) is 8.58. The molecule has 1 aromatic carbocycles. The molecule has 0 aliphatic heterocycles. The normalized spacial score (nSPS) is 18.0. The highest BCUT2D eigenvalue weighted by atomic mass is 79.9. The van der Waals surface area contributed by atoms with E-state index in [4.69, 9.17) is 5.73 Å². The molecule has 1 unspecified atom stereocenters. The summed E-state index contributed by atoms with van der Waals surface area (Å²) in [6.07, 6.45) is 5.59. The van der Waals surface area contributed by atoms with Gasteiger partial charge in [0.1, 0.15) is 0 Å². The van der Waals surface area contributed by atoms with Crippen LogP contribution >= 0.6 is 15.9 Å². The van der Waals surface area contributed by atoms with Crippen LogP contribution in [0, 0.1) is 5.92 Å². The van der Waals surface area contributed by atoms with Crippen LogP contribution in [0.2, 0.25) is 0 Å². The van der Waals surface area contributed by atoms with Gasteiger partial charge in [0.2, 0.25) is 0 Å². The molecule has 100 valence electrons. The molecule has 0 saturated heterocycles. The molecule has 18 heavy (non-hydrogen) atoms. The summed E-state index contributed by atoms with van der Waals surface area (Å²) >= 11 is 3.67. The van der Waals surface area contributed by atoms with E-state index in [0.717, 1.165) is 16.9 Å². The molecule has 1 aliphatic rings. The number of anilines is 1. The van der Waals surface area contributed by atoms with E-state index in [1.165, 1.54) is 36.9 Å². The Balaban J connectivity index is 2.07. The third-order valence-corrected chi connectivity index (χ3v) is 4.55. The minimum atomic E-state index is 0.0930. The molecular formula is C15H23BrN2. The van der Waals surface area contributed by atoms with Gasteiger partial charge in [-0.1, -0.05) is 18.9 Å². The molecule has 1 fully saturated rings. The van der Waals surface area contributed by atoms with Gasteiger partial charge in [0.05, 0.1) is 5.69 Å². The minimum absolute atomic E-state index is 0.0930. The lowest BCUT2D eigenvalue weighted by atomic mass is 10.1. The van der Waals surface area contributed by atoms with Crippen LogP contribution in [0.25, 0.3) is 0 Å². The molecule has 1 saturated carbocycles. The molecule has 2 nitrogen and oxygen atoms in total. The largest absolute Gasteiger partial charge is 0.373 e. The van der Waals surface area contributed by atoms with Gasteiger partial charge in [-0.15, -0.1) is 0 Å². The van der Waals surface area contributed by atoms with E-state index >= 15 is 0 Å². The van der Waals surface area contributed by atoms with Crippen LogP contribution in [-0.2, 0) is 0 Å². The molecule has 0 radical (unpaired) electrons.